The molecule has 1 unspecified atom stereocenters. The average Bonchev–Trinajstić information content (AvgIpc) is 3.25. The van der Waals surface area contributed by atoms with Crippen molar-refractivity contribution in [2.75, 3.05) is 37.6 Å². The number of benzene rings is 2. The number of nitrogens with zero attached hydrogens (tertiary/aromatic N) is 2. The summed E-state index contributed by atoms with van der Waals surface area (Å²) >= 11 is 0. The van der Waals surface area contributed by atoms with Gasteiger partial charge >= 0.3 is 0 Å². The molecule has 2 aromatic rings. The van der Waals surface area contributed by atoms with E-state index in [0.29, 0.717) is 57.5 Å². The van der Waals surface area contributed by atoms with E-state index in [1.807, 2.05) is 41.3 Å². The lowest BCUT2D eigenvalue weighted by Crippen LogP contribution is -2.51. The minimum Gasteiger partial charge on any atom is -0.384 e. The zero-order chi connectivity index (χ0) is 24.8. The quantitative estimate of drug-likeness (QED) is 0.249. The van der Waals surface area contributed by atoms with Crippen molar-refractivity contribution in [2.24, 2.45) is 17.4 Å². The molecule has 4 rings (SSSR count). The van der Waals surface area contributed by atoms with E-state index in [-0.39, 0.29) is 29.6 Å². The van der Waals surface area contributed by atoms with Crippen LogP contribution in [0.25, 0.3) is 0 Å². The fourth-order valence-corrected chi connectivity index (χ4v) is 5.08. The van der Waals surface area contributed by atoms with Crippen LogP contribution in [-0.4, -0.2) is 61.3 Å². The Morgan fingerprint density at radius 3 is 2.51 bits per heavy atom. The maximum atomic E-state index is 13.7. The van der Waals surface area contributed by atoms with Crippen LogP contribution in [0, 0.1) is 11.3 Å². The molecular formula is C27H36N6O2. The van der Waals surface area contributed by atoms with Gasteiger partial charge in [-0.25, -0.2) is 0 Å². The number of nitrogen functional groups attached to an aromatic ring is 1. The van der Waals surface area contributed by atoms with Gasteiger partial charge in [0.05, 0.1) is 0 Å². The second kappa shape index (κ2) is 11.4. The number of hydrogen-bond acceptors (Lipinski definition) is 5. The lowest BCUT2D eigenvalue weighted by molar-refractivity contribution is -0.136. The Balaban J connectivity index is 1.45. The largest absolute Gasteiger partial charge is 0.384 e. The smallest absolute Gasteiger partial charge is 0.245 e. The molecule has 2 aliphatic heterocycles. The van der Waals surface area contributed by atoms with Gasteiger partial charge in [0.2, 0.25) is 11.8 Å². The number of hydrogen-bond donors (Lipinski definition) is 4. The molecule has 0 spiro atoms. The normalized spacial score (nSPS) is 17.8. The third-order valence-corrected chi connectivity index (χ3v) is 7.12. The van der Waals surface area contributed by atoms with Crippen molar-refractivity contribution >= 4 is 23.3 Å². The molecule has 2 aromatic carbocycles. The number of piperidine rings is 1. The number of carbonyl (C=O) groups is 2. The van der Waals surface area contributed by atoms with Gasteiger partial charge in [0.15, 0.2) is 0 Å². The van der Waals surface area contributed by atoms with Crippen LogP contribution in [0.1, 0.15) is 36.0 Å². The number of carbonyl (C=O) groups excluding carboxylic acids is 2. The fraction of sp³-hybridized carbons (Fsp3) is 0.444. The second-order valence-corrected chi connectivity index (χ2v) is 9.44. The van der Waals surface area contributed by atoms with Crippen LogP contribution >= 0.6 is 0 Å². The zero-order valence-corrected chi connectivity index (χ0v) is 20.2. The molecule has 8 heteroatoms. The molecule has 0 radical (unpaired) electrons. The highest BCUT2D eigenvalue weighted by Crippen LogP contribution is 2.35. The molecule has 2 aliphatic rings. The SMILES string of the molecule is N=C(N)c1ccc2c(c1)N(CCc1ccccc1)C(C(=O)N1CCC(C(=O)NCCCN)CC1)C2. The van der Waals surface area contributed by atoms with E-state index in [1.165, 1.54) is 5.56 Å². The molecule has 1 atom stereocenters. The number of nitrogens with two attached hydrogens (primary N) is 2. The van der Waals surface area contributed by atoms with Gasteiger partial charge in [-0.1, -0.05) is 42.5 Å². The molecule has 35 heavy (non-hydrogen) atoms. The van der Waals surface area contributed by atoms with Crippen molar-refractivity contribution in [1.29, 1.82) is 5.41 Å². The van der Waals surface area contributed by atoms with E-state index in [2.05, 4.69) is 22.3 Å². The van der Waals surface area contributed by atoms with E-state index < -0.39 is 0 Å². The molecule has 8 nitrogen and oxygen atoms in total. The molecule has 1 fully saturated rings. The fourth-order valence-electron chi connectivity index (χ4n) is 5.08. The van der Waals surface area contributed by atoms with Gasteiger partial charge in [-0.05, 0) is 49.4 Å². The summed E-state index contributed by atoms with van der Waals surface area (Å²) in [6, 6.07) is 15.8. The van der Waals surface area contributed by atoms with Crippen LogP contribution < -0.4 is 21.7 Å². The van der Waals surface area contributed by atoms with Gasteiger partial charge in [-0.15, -0.1) is 0 Å². The molecule has 1 saturated heterocycles. The summed E-state index contributed by atoms with van der Waals surface area (Å²) < 4.78 is 0. The molecule has 0 saturated carbocycles. The highest BCUT2D eigenvalue weighted by molar-refractivity contribution is 5.97. The Hall–Kier alpha value is -3.39. The summed E-state index contributed by atoms with van der Waals surface area (Å²) in [7, 11) is 0. The molecule has 0 bridgehead atoms. The molecule has 2 heterocycles. The Morgan fingerprint density at radius 2 is 1.83 bits per heavy atom. The molecular weight excluding hydrogens is 440 g/mol. The van der Waals surface area contributed by atoms with Crippen LogP contribution in [0.4, 0.5) is 5.69 Å². The topological polar surface area (TPSA) is 129 Å². The third kappa shape index (κ3) is 5.82. The van der Waals surface area contributed by atoms with Gasteiger partial charge in [-0.2, -0.15) is 0 Å². The number of nitrogens with one attached hydrogen (secondary N) is 2. The van der Waals surface area contributed by atoms with Crippen LogP contribution in [0.5, 0.6) is 0 Å². The first kappa shape index (κ1) is 24.7. The summed E-state index contributed by atoms with van der Waals surface area (Å²) in [5.74, 6) is 0.156. The first-order chi connectivity index (χ1) is 17.0. The van der Waals surface area contributed by atoms with Gasteiger partial charge in [0.25, 0.3) is 0 Å². The molecule has 6 N–H and O–H groups in total. The summed E-state index contributed by atoms with van der Waals surface area (Å²) in [5.41, 5.74) is 15.2. The first-order valence-electron chi connectivity index (χ1n) is 12.5. The van der Waals surface area contributed by atoms with Crippen LogP contribution in [0.2, 0.25) is 0 Å². The maximum absolute atomic E-state index is 13.7. The van der Waals surface area contributed by atoms with E-state index in [1.54, 1.807) is 0 Å². The van der Waals surface area contributed by atoms with E-state index in [9.17, 15) is 9.59 Å². The van der Waals surface area contributed by atoms with Crippen LogP contribution in [0.15, 0.2) is 48.5 Å². The van der Waals surface area contributed by atoms with Crippen molar-refractivity contribution < 1.29 is 9.59 Å². The Labute approximate surface area is 207 Å². The molecule has 2 amide bonds. The predicted octanol–water partition coefficient (Wildman–Crippen LogP) is 1.65. The second-order valence-electron chi connectivity index (χ2n) is 9.44. The standard InChI is InChI=1S/C27H36N6O2/c28-12-4-13-31-26(34)20-10-14-32(15-11-20)27(35)24-17-21-7-8-22(25(29)30)18-23(21)33(24)16-9-19-5-2-1-3-6-19/h1-3,5-8,18,20,24H,4,9-17,28H2,(H3,29,30)(H,31,34). The Kier molecular flexibility index (Phi) is 8.02. The predicted molar refractivity (Wildman–Crippen MR) is 138 cm³/mol. The van der Waals surface area contributed by atoms with Gasteiger partial charge in [0, 0.05) is 49.8 Å². The lowest BCUT2D eigenvalue weighted by Gasteiger charge is -2.36. The summed E-state index contributed by atoms with van der Waals surface area (Å²) in [6.07, 6.45) is 3.59. The van der Waals surface area contributed by atoms with Gasteiger partial charge in [-0.3, -0.25) is 15.0 Å². The van der Waals surface area contributed by atoms with Gasteiger partial charge in [0.1, 0.15) is 11.9 Å². The summed E-state index contributed by atoms with van der Waals surface area (Å²) in [6.45, 7) is 3.05. The maximum Gasteiger partial charge on any atom is 0.245 e. The van der Waals surface area contributed by atoms with Crippen molar-refractivity contribution in [3.05, 3.63) is 65.2 Å². The van der Waals surface area contributed by atoms with Crippen LogP contribution in [0.3, 0.4) is 0 Å². The van der Waals surface area contributed by atoms with Gasteiger partial charge < -0.3 is 26.6 Å². The Bertz CT molecular complexity index is 1050. The third-order valence-electron chi connectivity index (χ3n) is 7.12. The van der Waals surface area contributed by atoms with Crippen molar-refractivity contribution in [1.82, 2.24) is 10.2 Å². The number of likely N-dealkylation sites (tertiary alicyclic amines) is 1. The molecule has 0 aliphatic carbocycles. The highest BCUT2D eigenvalue weighted by atomic mass is 16.2. The monoisotopic (exact) mass is 476 g/mol. The summed E-state index contributed by atoms with van der Waals surface area (Å²) in [4.78, 5) is 30.2. The average molecular weight is 477 g/mol. The number of rotatable bonds is 9. The zero-order valence-electron chi connectivity index (χ0n) is 20.2. The number of anilines is 1. The van der Waals surface area contributed by atoms with Crippen molar-refractivity contribution in [2.45, 2.75) is 38.1 Å². The first-order valence-corrected chi connectivity index (χ1v) is 12.5. The van der Waals surface area contributed by atoms with E-state index in [4.69, 9.17) is 16.9 Å². The Morgan fingerprint density at radius 1 is 1.09 bits per heavy atom. The molecule has 186 valence electrons. The van der Waals surface area contributed by atoms with Crippen LogP contribution in [-0.2, 0) is 22.4 Å². The number of fused-ring (bicyclic) bond motifs is 1. The minimum atomic E-state index is -0.286. The lowest BCUT2D eigenvalue weighted by atomic mass is 9.95. The highest BCUT2D eigenvalue weighted by Gasteiger charge is 2.38. The van der Waals surface area contributed by atoms with Crippen molar-refractivity contribution in [3.63, 3.8) is 0 Å². The van der Waals surface area contributed by atoms with E-state index >= 15 is 0 Å². The molecule has 0 aromatic heterocycles. The summed E-state index contributed by atoms with van der Waals surface area (Å²) in [5, 5.41) is 10.8. The van der Waals surface area contributed by atoms with Crippen molar-refractivity contribution in [3.8, 4) is 0 Å². The minimum absolute atomic E-state index is 0.0254. The number of amidine groups is 1. The van der Waals surface area contributed by atoms with E-state index in [0.717, 1.165) is 24.1 Å². The number of amides is 2.